The molecule has 0 aromatic carbocycles. The lowest BCUT2D eigenvalue weighted by molar-refractivity contribution is -0.238. The maximum absolute atomic E-state index is 12.5. The minimum atomic E-state index is -0.221. The zero-order valence-electron chi connectivity index (χ0n) is 15.5. The Balaban J connectivity index is 1.92. The SMILES string of the molecule is C=C(C)C(=O)OC1(C(C)CCCC)C2CC3CC1CC(C)(C3)C2. The van der Waals surface area contributed by atoms with E-state index in [0.29, 0.717) is 28.7 Å². The predicted molar refractivity (Wildman–Crippen MR) is 94.0 cm³/mol. The van der Waals surface area contributed by atoms with Crippen molar-refractivity contribution in [3.05, 3.63) is 12.2 Å². The highest BCUT2D eigenvalue weighted by Crippen LogP contribution is 2.66. The van der Waals surface area contributed by atoms with Crippen LogP contribution >= 0.6 is 0 Å². The molecule has 4 fully saturated rings. The van der Waals surface area contributed by atoms with Crippen molar-refractivity contribution in [2.45, 2.75) is 84.7 Å². The second-order valence-corrected chi connectivity index (χ2v) is 9.22. The van der Waals surface area contributed by atoms with Crippen LogP contribution in [0.5, 0.6) is 0 Å². The number of esters is 1. The van der Waals surface area contributed by atoms with Crippen molar-refractivity contribution >= 4 is 5.97 Å². The average Bonchev–Trinajstić information content (AvgIpc) is 2.46. The number of hydrogen-bond acceptors (Lipinski definition) is 2. The molecule has 0 aliphatic heterocycles. The summed E-state index contributed by atoms with van der Waals surface area (Å²) >= 11 is 0. The van der Waals surface area contributed by atoms with Crippen molar-refractivity contribution in [3.8, 4) is 0 Å². The smallest absolute Gasteiger partial charge is 0.333 e. The molecular weight excluding hydrogens is 284 g/mol. The summed E-state index contributed by atoms with van der Waals surface area (Å²) < 4.78 is 6.34. The van der Waals surface area contributed by atoms with Gasteiger partial charge < -0.3 is 4.74 Å². The lowest BCUT2D eigenvalue weighted by Gasteiger charge is -2.65. The largest absolute Gasteiger partial charge is 0.455 e. The summed E-state index contributed by atoms with van der Waals surface area (Å²) in [5, 5.41) is 0. The number of carbonyl (C=O) groups excluding carboxylic acids is 1. The monoisotopic (exact) mass is 318 g/mol. The second kappa shape index (κ2) is 5.93. The van der Waals surface area contributed by atoms with E-state index in [0.717, 1.165) is 5.92 Å². The van der Waals surface area contributed by atoms with Gasteiger partial charge in [-0.25, -0.2) is 4.79 Å². The highest BCUT2D eigenvalue weighted by molar-refractivity contribution is 5.87. The molecule has 2 nitrogen and oxygen atoms in total. The Kier molecular flexibility index (Phi) is 4.40. The Morgan fingerprint density at radius 2 is 1.87 bits per heavy atom. The van der Waals surface area contributed by atoms with Gasteiger partial charge in [-0.3, -0.25) is 0 Å². The molecule has 0 N–H and O–H groups in total. The molecule has 23 heavy (non-hydrogen) atoms. The first-order chi connectivity index (χ1) is 10.8. The summed E-state index contributed by atoms with van der Waals surface area (Å²) in [5.74, 6) is 2.30. The van der Waals surface area contributed by atoms with E-state index < -0.39 is 0 Å². The van der Waals surface area contributed by atoms with Crippen molar-refractivity contribution in [3.63, 3.8) is 0 Å². The number of hydrogen-bond donors (Lipinski definition) is 0. The van der Waals surface area contributed by atoms with Crippen LogP contribution in [0, 0.1) is 29.1 Å². The standard InChI is InChI=1S/C21H34O2/c1-6-7-8-15(4)21(23-19(22)14(2)3)17-9-16-10-18(21)13-20(5,11-16)12-17/h15-18H,2,6-13H2,1,3-5H3. The molecule has 3 unspecified atom stereocenters. The quantitative estimate of drug-likeness (QED) is 0.476. The normalized spacial score (nSPS) is 42.5. The van der Waals surface area contributed by atoms with Gasteiger partial charge in [0.25, 0.3) is 0 Å². The molecule has 4 bridgehead atoms. The fourth-order valence-electron chi connectivity index (χ4n) is 6.45. The van der Waals surface area contributed by atoms with E-state index in [9.17, 15) is 4.79 Å². The van der Waals surface area contributed by atoms with Crippen molar-refractivity contribution < 1.29 is 9.53 Å². The molecule has 0 aromatic rings. The number of ether oxygens (including phenoxy) is 1. The summed E-state index contributed by atoms with van der Waals surface area (Å²) in [7, 11) is 0. The van der Waals surface area contributed by atoms with Gasteiger partial charge in [0.15, 0.2) is 0 Å². The number of rotatable bonds is 6. The Morgan fingerprint density at radius 3 is 2.35 bits per heavy atom. The van der Waals surface area contributed by atoms with Crippen LogP contribution in [0.1, 0.15) is 79.1 Å². The van der Waals surface area contributed by atoms with Crippen molar-refractivity contribution in [2.75, 3.05) is 0 Å². The Hall–Kier alpha value is -0.790. The van der Waals surface area contributed by atoms with Gasteiger partial charge in [-0.2, -0.15) is 0 Å². The van der Waals surface area contributed by atoms with Crippen LogP contribution < -0.4 is 0 Å². The molecule has 3 atom stereocenters. The fraction of sp³-hybridized carbons (Fsp3) is 0.857. The topological polar surface area (TPSA) is 26.3 Å². The third-order valence-corrected chi connectivity index (χ3v) is 7.15. The first kappa shape index (κ1) is 17.0. The molecule has 0 spiro atoms. The van der Waals surface area contributed by atoms with E-state index in [1.165, 1.54) is 51.4 Å². The van der Waals surface area contributed by atoms with Crippen LogP contribution in [-0.2, 0) is 9.53 Å². The van der Waals surface area contributed by atoms with E-state index in [2.05, 4.69) is 27.4 Å². The van der Waals surface area contributed by atoms with Gasteiger partial charge in [0.05, 0.1) is 0 Å². The van der Waals surface area contributed by atoms with Gasteiger partial charge in [-0.15, -0.1) is 0 Å². The maximum Gasteiger partial charge on any atom is 0.333 e. The maximum atomic E-state index is 12.5. The van der Waals surface area contributed by atoms with E-state index in [1.807, 2.05) is 0 Å². The van der Waals surface area contributed by atoms with E-state index >= 15 is 0 Å². The van der Waals surface area contributed by atoms with E-state index in [4.69, 9.17) is 4.74 Å². The number of unbranched alkanes of at least 4 members (excludes halogenated alkanes) is 1. The van der Waals surface area contributed by atoms with Gasteiger partial charge in [0, 0.05) is 17.4 Å². The first-order valence-electron chi connectivity index (χ1n) is 9.69. The molecule has 0 radical (unpaired) electrons. The van der Waals surface area contributed by atoms with Crippen molar-refractivity contribution in [2.24, 2.45) is 29.1 Å². The lowest BCUT2D eigenvalue weighted by atomic mass is 9.43. The van der Waals surface area contributed by atoms with Crippen LogP contribution in [-0.4, -0.2) is 11.6 Å². The van der Waals surface area contributed by atoms with Gasteiger partial charge in [-0.1, -0.05) is 40.2 Å². The minimum Gasteiger partial charge on any atom is -0.455 e. The minimum absolute atomic E-state index is 0.161. The van der Waals surface area contributed by atoms with E-state index in [-0.39, 0.29) is 11.6 Å². The fourth-order valence-corrected chi connectivity index (χ4v) is 6.45. The van der Waals surface area contributed by atoms with Crippen LogP contribution in [0.25, 0.3) is 0 Å². The summed E-state index contributed by atoms with van der Waals surface area (Å²) in [6.07, 6.45) is 10.1. The summed E-state index contributed by atoms with van der Waals surface area (Å²) in [6.45, 7) is 12.7. The average molecular weight is 319 g/mol. The van der Waals surface area contributed by atoms with Crippen LogP contribution in [0.3, 0.4) is 0 Å². The molecule has 4 aliphatic carbocycles. The molecule has 0 heterocycles. The third-order valence-electron chi connectivity index (χ3n) is 7.15. The Bertz CT molecular complexity index is 476. The first-order valence-corrected chi connectivity index (χ1v) is 9.69. The molecule has 4 rings (SSSR count). The molecule has 4 aliphatic rings. The molecule has 4 saturated carbocycles. The summed E-state index contributed by atoms with van der Waals surface area (Å²) in [4.78, 5) is 12.5. The van der Waals surface area contributed by atoms with Crippen molar-refractivity contribution in [1.82, 2.24) is 0 Å². The Morgan fingerprint density at radius 1 is 1.26 bits per heavy atom. The van der Waals surface area contributed by atoms with Crippen LogP contribution in [0.15, 0.2) is 12.2 Å². The second-order valence-electron chi connectivity index (χ2n) is 9.22. The highest BCUT2D eigenvalue weighted by atomic mass is 16.6. The molecule has 0 amide bonds. The zero-order chi connectivity index (χ0) is 16.8. The van der Waals surface area contributed by atoms with E-state index in [1.54, 1.807) is 6.92 Å². The molecule has 2 heteroatoms. The summed E-state index contributed by atoms with van der Waals surface area (Å²) in [6, 6.07) is 0. The lowest BCUT2D eigenvalue weighted by Crippen LogP contribution is -2.64. The van der Waals surface area contributed by atoms with Crippen LogP contribution in [0.4, 0.5) is 0 Å². The van der Waals surface area contributed by atoms with Gasteiger partial charge in [0.1, 0.15) is 5.60 Å². The molecule has 0 saturated heterocycles. The summed E-state index contributed by atoms with van der Waals surface area (Å²) in [5.41, 5.74) is 0.828. The molecular formula is C21H34O2. The van der Waals surface area contributed by atoms with Gasteiger partial charge in [-0.05, 0) is 62.7 Å². The predicted octanol–water partition coefficient (Wildman–Crippen LogP) is 5.52. The highest BCUT2D eigenvalue weighted by Gasteiger charge is 2.64. The van der Waals surface area contributed by atoms with Crippen molar-refractivity contribution in [1.29, 1.82) is 0 Å². The van der Waals surface area contributed by atoms with Gasteiger partial charge >= 0.3 is 5.97 Å². The molecule has 0 aromatic heterocycles. The zero-order valence-corrected chi connectivity index (χ0v) is 15.5. The Labute approximate surface area is 142 Å². The number of carbonyl (C=O) groups is 1. The van der Waals surface area contributed by atoms with Crippen LogP contribution in [0.2, 0.25) is 0 Å². The third kappa shape index (κ3) is 2.76. The molecule has 130 valence electrons. The van der Waals surface area contributed by atoms with Gasteiger partial charge in [0.2, 0.25) is 0 Å².